The molecule has 1 unspecified atom stereocenters. The van der Waals surface area contributed by atoms with Crippen molar-refractivity contribution in [2.45, 2.75) is 25.6 Å². The lowest BCUT2D eigenvalue weighted by molar-refractivity contribution is -0.148. The number of benzene rings is 1. The molecule has 5 nitrogen and oxygen atoms in total. The lowest BCUT2D eigenvalue weighted by atomic mass is 10.1. The Labute approximate surface area is 118 Å². The Morgan fingerprint density at radius 3 is 2.29 bits per heavy atom. The van der Waals surface area contributed by atoms with Crippen molar-refractivity contribution in [3.05, 3.63) is 29.8 Å². The summed E-state index contributed by atoms with van der Waals surface area (Å²) in [5.41, 5.74) is -0.676. The normalized spacial score (nSPS) is 12.6. The summed E-state index contributed by atoms with van der Waals surface area (Å²) in [5, 5.41) is 11.5. The number of esters is 1. The molecule has 0 aliphatic rings. The Kier molecular flexibility index (Phi) is 5.57. The van der Waals surface area contributed by atoms with Crippen LogP contribution in [0.2, 0.25) is 0 Å². The molecule has 1 aromatic rings. The molecule has 0 radical (unpaired) electrons. The highest BCUT2D eigenvalue weighted by Gasteiger charge is 2.30. The highest BCUT2D eigenvalue weighted by molar-refractivity contribution is 5.84. The average molecular weight is 305 g/mol. The molecule has 0 amide bonds. The number of anilines is 1. The molecule has 0 aliphatic carbocycles. The van der Waals surface area contributed by atoms with E-state index >= 15 is 0 Å². The fourth-order valence-corrected chi connectivity index (χ4v) is 1.54. The quantitative estimate of drug-likeness (QED) is 0.790. The Morgan fingerprint density at radius 2 is 1.86 bits per heavy atom. The number of rotatable bonds is 6. The fourth-order valence-electron chi connectivity index (χ4n) is 1.54. The van der Waals surface area contributed by atoms with Crippen molar-refractivity contribution in [2.24, 2.45) is 0 Å². The van der Waals surface area contributed by atoms with E-state index in [9.17, 15) is 22.8 Å². The van der Waals surface area contributed by atoms with Crippen LogP contribution < -0.4 is 5.32 Å². The third-order valence-corrected chi connectivity index (χ3v) is 2.53. The first kappa shape index (κ1) is 16.8. The Morgan fingerprint density at radius 1 is 1.29 bits per heavy atom. The van der Waals surface area contributed by atoms with Crippen LogP contribution in [0, 0.1) is 0 Å². The molecule has 0 saturated heterocycles. The maximum Gasteiger partial charge on any atom is 0.416 e. The van der Waals surface area contributed by atoms with Crippen LogP contribution in [0.1, 0.15) is 18.9 Å². The average Bonchev–Trinajstić information content (AvgIpc) is 2.37. The minimum absolute atomic E-state index is 0.117. The van der Waals surface area contributed by atoms with Gasteiger partial charge in [-0.3, -0.25) is 4.79 Å². The maximum absolute atomic E-state index is 12.4. The van der Waals surface area contributed by atoms with Crippen LogP contribution in [0.25, 0.3) is 0 Å². The van der Waals surface area contributed by atoms with Gasteiger partial charge in [0.05, 0.1) is 18.6 Å². The number of aliphatic carboxylic acids is 1. The van der Waals surface area contributed by atoms with Crippen molar-refractivity contribution in [3.63, 3.8) is 0 Å². The van der Waals surface area contributed by atoms with E-state index in [0.717, 1.165) is 24.3 Å². The minimum atomic E-state index is -4.46. The molecule has 1 aromatic carbocycles. The monoisotopic (exact) mass is 305 g/mol. The van der Waals surface area contributed by atoms with Crippen LogP contribution in [0.4, 0.5) is 18.9 Å². The van der Waals surface area contributed by atoms with Crippen LogP contribution in [-0.4, -0.2) is 29.7 Å². The van der Waals surface area contributed by atoms with Crippen molar-refractivity contribution in [1.29, 1.82) is 0 Å². The molecule has 0 fully saturated rings. The first-order chi connectivity index (χ1) is 9.74. The number of nitrogens with one attached hydrogen (secondary N) is 1. The van der Waals surface area contributed by atoms with Gasteiger partial charge in [0, 0.05) is 5.69 Å². The number of ether oxygens (including phenoxy) is 1. The SMILES string of the molecule is CCOC(=O)CC(Nc1ccc(C(F)(F)F)cc1)C(=O)O. The van der Waals surface area contributed by atoms with Crippen molar-refractivity contribution in [2.75, 3.05) is 11.9 Å². The van der Waals surface area contributed by atoms with Gasteiger partial charge in [0.25, 0.3) is 0 Å². The molecule has 21 heavy (non-hydrogen) atoms. The van der Waals surface area contributed by atoms with E-state index in [4.69, 9.17) is 5.11 Å². The van der Waals surface area contributed by atoms with Gasteiger partial charge in [0.1, 0.15) is 6.04 Å². The van der Waals surface area contributed by atoms with E-state index in [2.05, 4.69) is 10.1 Å². The van der Waals surface area contributed by atoms with Crippen LogP contribution in [-0.2, 0) is 20.5 Å². The standard InChI is InChI=1S/C13H14F3NO4/c1-2-21-11(18)7-10(12(19)20)17-9-5-3-8(4-6-9)13(14,15)16/h3-6,10,17H,2,7H2,1H3,(H,19,20). The van der Waals surface area contributed by atoms with E-state index < -0.39 is 36.1 Å². The molecule has 0 heterocycles. The zero-order chi connectivity index (χ0) is 16.0. The van der Waals surface area contributed by atoms with E-state index in [1.807, 2.05) is 0 Å². The zero-order valence-corrected chi connectivity index (χ0v) is 11.1. The maximum atomic E-state index is 12.4. The number of hydrogen-bond donors (Lipinski definition) is 2. The number of halogens is 3. The summed E-state index contributed by atoms with van der Waals surface area (Å²) in [7, 11) is 0. The second kappa shape index (κ2) is 6.96. The van der Waals surface area contributed by atoms with Crippen molar-refractivity contribution < 1.29 is 32.6 Å². The first-order valence-electron chi connectivity index (χ1n) is 6.06. The number of alkyl halides is 3. The van der Waals surface area contributed by atoms with E-state index in [1.165, 1.54) is 0 Å². The number of carbonyl (C=O) groups is 2. The Balaban J connectivity index is 2.76. The lowest BCUT2D eigenvalue weighted by Gasteiger charge is -2.15. The third-order valence-electron chi connectivity index (χ3n) is 2.53. The van der Waals surface area contributed by atoms with Gasteiger partial charge in [0.2, 0.25) is 0 Å². The first-order valence-corrected chi connectivity index (χ1v) is 6.06. The molecule has 116 valence electrons. The predicted octanol–water partition coefficient (Wildman–Crippen LogP) is 2.52. The summed E-state index contributed by atoms with van der Waals surface area (Å²) in [6, 6.07) is 2.58. The molecule has 1 rings (SSSR count). The van der Waals surface area contributed by atoms with Crippen molar-refractivity contribution in [3.8, 4) is 0 Å². The lowest BCUT2D eigenvalue weighted by Crippen LogP contribution is -2.32. The molecule has 0 aliphatic heterocycles. The van der Waals surface area contributed by atoms with Gasteiger partial charge in [-0.25, -0.2) is 4.79 Å². The predicted molar refractivity (Wildman–Crippen MR) is 67.7 cm³/mol. The second-order valence-electron chi connectivity index (χ2n) is 4.12. The molecule has 0 spiro atoms. The Bertz CT molecular complexity index is 499. The molecule has 1 atom stereocenters. The number of hydrogen-bond acceptors (Lipinski definition) is 4. The van der Waals surface area contributed by atoms with Crippen LogP contribution in [0.15, 0.2) is 24.3 Å². The van der Waals surface area contributed by atoms with Crippen molar-refractivity contribution >= 4 is 17.6 Å². The van der Waals surface area contributed by atoms with E-state index in [0.29, 0.717) is 0 Å². The molecule has 0 saturated carbocycles. The van der Waals surface area contributed by atoms with Gasteiger partial charge in [-0.15, -0.1) is 0 Å². The summed E-state index contributed by atoms with van der Waals surface area (Å²) in [5.74, 6) is -2.01. The van der Waals surface area contributed by atoms with Gasteiger partial charge in [-0.05, 0) is 31.2 Å². The summed E-state index contributed by atoms with van der Waals surface area (Å²) in [6.45, 7) is 1.70. The number of carbonyl (C=O) groups excluding carboxylic acids is 1. The van der Waals surface area contributed by atoms with Gasteiger partial charge >= 0.3 is 18.1 Å². The summed E-state index contributed by atoms with van der Waals surface area (Å²) < 4.78 is 41.8. The Hall–Kier alpha value is -2.25. The van der Waals surface area contributed by atoms with Gasteiger partial charge in [-0.2, -0.15) is 13.2 Å². The topological polar surface area (TPSA) is 75.6 Å². The highest BCUT2D eigenvalue weighted by Crippen LogP contribution is 2.29. The van der Waals surface area contributed by atoms with Crippen LogP contribution in [0.3, 0.4) is 0 Å². The molecule has 8 heteroatoms. The zero-order valence-electron chi connectivity index (χ0n) is 11.1. The molecule has 0 bridgehead atoms. The molecular formula is C13H14F3NO4. The second-order valence-corrected chi connectivity index (χ2v) is 4.12. The van der Waals surface area contributed by atoms with Gasteiger partial charge in [0.15, 0.2) is 0 Å². The molecular weight excluding hydrogens is 291 g/mol. The number of carboxylic acid groups (broad SMARTS) is 1. The van der Waals surface area contributed by atoms with Crippen LogP contribution >= 0.6 is 0 Å². The number of carboxylic acids is 1. The van der Waals surface area contributed by atoms with Gasteiger partial charge < -0.3 is 15.2 Å². The smallest absolute Gasteiger partial charge is 0.416 e. The van der Waals surface area contributed by atoms with E-state index in [1.54, 1.807) is 6.92 Å². The van der Waals surface area contributed by atoms with Crippen LogP contribution in [0.5, 0.6) is 0 Å². The summed E-state index contributed by atoms with van der Waals surface area (Å²) in [6.07, 6.45) is -4.89. The third kappa shape index (κ3) is 5.33. The molecule has 2 N–H and O–H groups in total. The molecule has 0 aromatic heterocycles. The minimum Gasteiger partial charge on any atom is -0.480 e. The fraction of sp³-hybridized carbons (Fsp3) is 0.385. The summed E-state index contributed by atoms with van der Waals surface area (Å²) in [4.78, 5) is 22.3. The van der Waals surface area contributed by atoms with Gasteiger partial charge in [-0.1, -0.05) is 0 Å². The van der Waals surface area contributed by atoms with Crippen molar-refractivity contribution in [1.82, 2.24) is 0 Å². The summed E-state index contributed by atoms with van der Waals surface area (Å²) >= 11 is 0. The largest absolute Gasteiger partial charge is 0.480 e. The highest BCUT2D eigenvalue weighted by atomic mass is 19.4. The van der Waals surface area contributed by atoms with E-state index in [-0.39, 0.29) is 12.3 Å².